The Balaban J connectivity index is 0.000000166. The predicted octanol–water partition coefficient (Wildman–Crippen LogP) is 11.5. The molecule has 0 radical (unpaired) electrons. The molecule has 0 unspecified atom stereocenters. The molecule has 0 atom stereocenters. The smallest absolute Gasteiger partial charge is 0.339 e. The number of esters is 2. The van der Waals surface area contributed by atoms with Gasteiger partial charge in [-0.15, -0.1) is 0 Å². The number of aryl methyl sites for hydroxylation is 4. The molecule has 10 rings (SSSR count). The van der Waals surface area contributed by atoms with Crippen LogP contribution in [0.25, 0.3) is 22.3 Å². The van der Waals surface area contributed by atoms with Crippen LogP contribution in [0.2, 0.25) is 0 Å². The van der Waals surface area contributed by atoms with Gasteiger partial charge in [0, 0.05) is 48.9 Å². The Hall–Kier alpha value is -6.82. The van der Waals surface area contributed by atoms with E-state index >= 15 is 0 Å². The zero-order chi connectivity index (χ0) is 46.2. The third-order valence-electron chi connectivity index (χ3n) is 12.9. The lowest BCUT2D eigenvalue weighted by atomic mass is 9.92. The fraction of sp³-hybridized carbons (Fsp3) is 0.296. The molecule has 0 spiro atoms. The highest BCUT2D eigenvalue weighted by atomic mass is 19.1. The summed E-state index contributed by atoms with van der Waals surface area (Å²) in [5, 5.41) is 0. The number of hydrogen-bond acceptors (Lipinski definition) is 8. The molecule has 4 aliphatic rings. The largest absolute Gasteiger partial charge is 0.453 e. The van der Waals surface area contributed by atoms with Crippen LogP contribution < -0.4 is 19.6 Å². The molecule has 0 fully saturated rings. The van der Waals surface area contributed by atoms with Gasteiger partial charge in [0.05, 0.1) is 24.5 Å². The molecule has 8 nitrogen and oxygen atoms in total. The van der Waals surface area contributed by atoms with E-state index in [0.717, 1.165) is 72.9 Å². The topological polar surface area (TPSA) is 65.6 Å². The Kier molecular flexibility index (Phi) is 12.5. The summed E-state index contributed by atoms with van der Waals surface area (Å²) in [7, 11) is 0. The molecule has 0 saturated carbocycles. The number of anilines is 4. The van der Waals surface area contributed by atoms with Gasteiger partial charge >= 0.3 is 11.9 Å². The standard InChI is InChI=1S/2C27H26F2N2O2/c2*1-17-6-8-24-20(10-17)14-30-16-31(24)15-21-11-19(7-9-25(21)30)26-18(2)4-3-5-23(26)27(32)33-22(12-28)13-29/h2*3-11,22H,12-16H2,1-2H3. The van der Waals surface area contributed by atoms with E-state index in [4.69, 9.17) is 9.47 Å². The molecule has 0 amide bonds. The van der Waals surface area contributed by atoms with E-state index in [1.54, 1.807) is 24.3 Å². The van der Waals surface area contributed by atoms with Crippen LogP contribution in [-0.4, -0.2) is 64.2 Å². The number of benzene rings is 6. The van der Waals surface area contributed by atoms with Gasteiger partial charge in [-0.3, -0.25) is 0 Å². The van der Waals surface area contributed by atoms with Crippen molar-refractivity contribution in [1.82, 2.24) is 0 Å². The van der Waals surface area contributed by atoms with E-state index in [9.17, 15) is 27.2 Å². The van der Waals surface area contributed by atoms with E-state index in [1.165, 1.54) is 56.1 Å². The quantitative estimate of drug-likeness (QED) is 0.0995. The average Bonchev–Trinajstić information content (AvgIpc) is 3.31. The molecule has 0 aliphatic carbocycles. The monoisotopic (exact) mass is 896 g/mol. The zero-order valence-electron chi connectivity index (χ0n) is 37.6. The van der Waals surface area contributed by atoms with Gasteiger partial charge in [0.2, 0.25) is 0 Å². The number of rotatable bonds is 10. The van der Waals surface area contributed by atoms with Crippen LogP contribution in [0, 0.1) is 27.7 Å². The molecule has 0 N–H and O–H groups in total. The molecule has 4 heterocycles. The maximum absolute atomic E-state index is 12.9. The first-order valence-electron chi connectivity index (χ1n) is 22.3. The molecule has 6 aromatic rings. The fourth-order valence-electron chi connectivity index (χ4n) is 9.81. The van der Waals surface area contributed by atoms with Gasteiger partial charge in [-0.1, -0.05) is 71.8 Å². The highest BCUT2D eigenvalue weighted by Gasteiger charge is 2.32. The highest BCUT2D eigenvalue weighted by molar-refractivity contribution is 5.99. The first kappa shape index (κ1) is 44.4. The Labute approximate surface area is 383 Å². The van der Waals surface area contributed by atoms with Crippen molar-refractivity contribution in [3.8, 4) is 22.3 Å². The summed E-state index contributed by atoms with van der Waals surface area (Å²) in [5.74, 6) is -1.42. The van der Waals surface area contributed by atoms with Gasteiger partial charge in [-0.25, -0.2) is 27.2 Å². The maximum Gasteiger partial charge on any atom is 0.339 e. The van der Waals surface area contributed by atoms with Crippen molar-refractivity contribution >= 4 is 34.7 Å². The molecule has 4 bridgehead atoms. The molecule has 6 aromatic carbocycles. The lowest BCUT2D eigenvalue weighted by molar-refractivity contribution is 0.0167. The summed E-state index contributed by atoms with van der Waals surface area (Å²) in [6.45, 7) is 8.84. The number of carbonyl (C=O) groups is 2. The summed E-state index contributed by atoms with van der Waals surface area (Å²) >= 11 is 0. The zero-order valence-corrected chi connectivity index (χ0v) is 37.6. The Morgan fingerprint density at radius 1 is 0.470 bits per heavy atom. The number of halogens is 4. The van der Waals surface area contributed by atoms with Crippen molar-refractivity contribution in [1.29, 1.82) is 0 Å². The maximum atomic E-state index is 12.9. The number of hydrogen-bond donors (Lipinski definition) is 0. The summed E-state index contributed by atoms with van der Waals surface area (Å²) in [5.41, 5.74) is 18.1. The van der Waals surface area contributed by atoms with Crippen molar-refractivity contribution in [2.45, 2.75) is 66.1 Å². The van der Waals surface area contributed by atoms with Crippen LogP contribution in [0.5, 0.6) is 0 Å². The highest BCUT2D eigenvalue weighted by Crippen LogP contribution is 2.43. The Morgan fingerprint density at radius 3 is 1.15 bits per heavy atom. The summed E-state index contributed by atoms with van der Waals surface area (Å²) in [6, 6.07) is 36.3. The number of fused-ring (bicyclic) bond motifs is 12. The van der Waals surface area contributed by atoms with Crippen LogP contribution >= 0.6 is 0 Å². The SMILES string of the molecule is Cc1ccc2c(c1)CN1CN2Cc2cc(-c3c(C)cccc3C(=O)OC(CF)CF)ccc21.Cc1ccc2c(c1)CN1CN2Cc2cc(-c3c(C)cccc3C(=O)OC(CF)CF)ccc21. The molecule has 0 saturated heterocycles. The van der Waals surface area contributed by atoms with Crippen molar-refractivity contribution in [2.75, 3.05) is 59.6 Å². The van der Waals surface area contributed by atoms with E-state index in [0.29, 0.717) is 11.1 Å². The van der Waals surface area contributed by atoms with Crippen LogP contribution in [0.4, 0.5) is 40.3 Å². The first-order valence-corrected chi connectivity index (χ1v) is 22.3. The summed E-state index contributed by atoms with van der Waals surface area (Å²) in [6.07, 6.45) is -2.75. The minimum atomic E-state index is -1.38. The van der Waals surface area contributed by atoms with E-state index in [-0.39, 0.29) is 0 Å². The first-order chi connectivity index (χ1) is 32.0. The van der Waals surface area contributed by atoms with Gasteiger partial charge in [0.25, 0.3) is 0 Å². The number of nitrogens with zero attached hydrogens (tertiary/aromatic N) is 4. The van der Waals surface area contributed by atoms with Gasteiger partial charge < -0.3 is 29.1 Å². The van der Waals surface area contributed by atoms with Crippen LogP contribution in [-0.2, 0) is 35.7 Å². The molecule has 4 aliphatic heterocycles. The third kappa shape index (κ3) is 8.56. The fourth-order valence-corrected chi connectivity index (χ4v) is 9.81. The van der Waals surface area contributed by atoms with Crippen molar-refractivity contribution in [2.24, 2.45) is 0 Å². The number of alkyl halides is 4. The van der Waals surface area contributed by atoms with Crippen LogP contribution in [0.15, 0.2) is 109 Å². The van der Waals surface area contributed by atoms with Gasteiger partial charge in [0.15, 0.2) is 12.2 Å². The average molecular weight is 897 g/mol. The summed E-state index contributed by atoms with van der Waals surface area (Å²) < 4.78 is 61.9. The Bertz CT molecular complexity index is 2640. The molecule has 66 heavy (non-hydrogen) atoms. The van der Waals surface area contributed by atoms with E-state index in [2.05, 4.69) is 94.1 Å². The molecule has 12 heteroatoms. The van der Waals surface area contributed by atoms with Crippen LogP contribution in [0.1, 0.15) is 65.2 Å². The lowest BCUT2D eigenvalue weighted by Gasteiger charge is -2.45. The van der Waals surface area contributed by atoms with Crippen molar-refractivity contribution < 1.29 is 36.6 Å². The van der Waals surface area contributed by atoms with E-state index in [1.807, 2.05) is 38.1 Å². The third-order valence-corrected chi connectivity index (χ3v) is 12.9. The van der Waals surface area contributed by atoms with Gasteiger partial charge in [-0.05, 0) is 132 Å². The molecular weight excluding hydrogens is 845 g/mol. The molecule has 340 valence electrons. The second-order valence-electron chi connectivity index (χ2n) is 17.7. The molecular formula is C54H52F4N4O4. The van der Waals surface area contributed by atoms with Crippen molar-refractivity contribution in [3.05, 3.63) is 165 Å². The Morgan fingerprint density at radius 2 is 0.803 bits per heavy atom. The van der Waals surface area contributed by atoms with Gasteiger partial charge in [0.1, 0.15) is 26.7 Å². The normalized spacial score (nSPS) is 14.2. The lowest BCUT2D eigenvalue weighted by Crippen LogP contribution is -2.46. The van der Waals surface area contributed by atoms with Crippen LogP contribution in [0.3, 0.4) is 0 Å². The number of carbonyl (C=O) groups excluding carboxylic acids is 2. The summed E-state index contributed by atoms with van der Waals surface area (Å²) in [4.78, 5) is 35.0. The molecule has 0 aromatic heterocycles. The van der Waals surface area contributed by atoms with Gasteiger partial charge in [-0.2, -0.15) is 0 Å². The minimum Gasteiger partial charge on any atom is -0.453 e. The van der Waals surface area contributed by atoms with E-state index < -0.39 is 50.8 Å². The van der Waals surface area contributed by atoms with Crippen molar-refractivity contribution in [3.63, 3.8) is 0 Å². The number of ether oxygens (including phenoxy) is 2. The predicted molar refractivity (Wildman–Crippen MR) is 252 cm³/mol. The second kappa shape index (κ2) is 18.6. The second-order valence-corrected chi connectivity index (χ2v) is 17.7. The minimum absolute atomic E-state index is 0.319.